The van der Waals surface area contributed by atoms with Gasteiger partial charge < -0.3 is 20.1 Å². The molecule has 4 atom stereocenters. The van der Waals surface area contributed by atoms with E-state index in [2.05, 4.69) is 20.1 Å². The summed E-state index contributed by atoms with van der Waals surface area (Å²) in [6, 6.07) is 10.8. The second-order valence-corrected chi connectivity index (χ2v) is 13.3. The first-order valence-electron chi connectivity index (χ1n) is 14.9. The van der Waals surface area contributed by atoms with Crippen molar-refractivity contribution in [2.45, 2.75) is 55.9 Å². The van der Waals surface area contributed by atoms with E-state index in [-0.39, 0.29) is 34.5 Å². The standard InChI is InChI=1S/C32H31Cl2F2N5O2/c33-24-4-1-3-17-9-21(42)10-22(26(17)24)27-25(34)11-23-29(28(27)36)38-31(39-30(23)40-14-19-5-6-20(15-40)37-19)43-16-32-7-2-8-41(32)13-18(35)12-32/h1,3-4,9-11,18-20,37,42H,2,5-8,12-16H2/t18-,19?,20?,32?/m1/s1. The van der Waals surface area contributed by atoms with Crippen LogP contribution in [-0.2, 0) is 0 Å². The first kappa shape index (κ1) is 27.6. The van der Waals surface area contributed by atoms with Crippen LogP contribution in [0.5, 0.6) is 11.8 Å². The van der Waals surface area contributed by atoms with Crippen molar-refractivity contribution in [3.8, 4) is 22.9 Å². The fourth-order valence-electron chi connectivity index (χ4n) is 7.89. The van der Waals surface area contributed by atoms with Crippen LogP contribution in [0, 0.1) is 5.82 Å². The molecule has 5 heterocycles. The molecule has 224 valence electrons. The van der Waals surface area contributed by atoms with E-state index in [9.17, 15) is 9.50 Å². The molecule has 3 unspecified atom stereocenters. The number of rotatable bonds is 5. The van der Waals surface area contributed by atoms with Crippen LogP contribution in [0.3, 0.4) is 0 Å². The van der Waals surface area contributed by atoms with Crippen LogP contribution in [0.1, 0.15) is 32.1 Å². The third-order valence-electron chi connectivity index (χ3n) is 9.77. The predicted octanol–water partition coefficient (Wildman–Crippen LogP) is 6.50. The highest BCUT2D eigenvalue weighted by molar-refractivity contribution is 6.38. The number of fused-ring (bicyclic) bond motifs is 5. The van der Waals surface area contributed by atoms with Crippen molar-refractivity contribution in [1.29, 1.82) is 0 Å². The smallest absolute Gasteiger partial charge is 0.319 e. The summed E-state index contributed by atoms with van der Waals surface area (Å²) in [7, 11) is 0. The molecule has 1 aromatic heterocycles. The summed E-state index contributed by atoms with van der Waals surface area (Å²) < 4.78 is 37.6. The molecule has 2 bridgehead atoms. The number of nitrogens with zero attached hydrogens (tertiary/aromatic N) is 4. The molecule has 0 radical (unpaired) electrons. The average Bonchev–Trinajstić information content (AvgIpc) is 3.62. The zero-order valence-electron chi connectivity index (χ0n) is 23.4. The van der Waals surface area contributed by atoms with Crippen molar-refractivity contribution in [3.63, 3.8) is 0 Å². The summed E-state index contributed by atoms with van der Waals surface area (Å²) in [6.45, 7) is 2.93. The van der Waals surface area contributed by atoms with Gasteiger partial charge in [0.15, 0.2) is 5.82 Å². The number of phenols is 1. The predicted molar refractivity (Wildman–Crippen MR) is 165 cm³/mol. The van der Waals surface area contributed by atoms with Gasteiger partial charge in [0.2, 0.25) is 0 Å². The Labute approximate surface area is 257 Å². The van der Waals surface area contributed by atoms with Gasteiger partial charge in [-0.25, -0.2) is 8.78 Å². The fourth-order valence-corrected chi connectivity index (χ4v) is 8.47. The maximum atomic E-state index is 16.9. The molecule has 8 rings (SSSR count). The summed E-state index contributed by atoms with van der Waals surface area (Å²) in [4.78, 5) is 13.8. The summed E-state index contributed by atoms with van der Waals surface area (Å²) in [5.74, 6) is -0.112. The summed E-state index contributed by atoms with van der Waals surface area (Å²) in [6.07, 6.45) is 3.49. The van der Waals surface area contributed by atoms with Crippen molar-refractivity contribution >= 4 is 50.7 Å². The highest BCUT2D eigenvalue weighted by Gasteiger charge is 2.49. The third kappa shape index (κ3) is 4.58. The molecule has 4 aliphatic heterocycles. The molecule has 4 aliphatic rings. The van der Waals surface area contributed by atoms with E-state index in [1.807, 2.05) is 0 Å². The zero-order valence-corrected chi connectivity index (χ0v) is 24.9. The molecule has 43 heavy (non-hydrogen) atoms. The Bertz CT molecular complexity index is 1760. The van der Waals surface area contributed by atoms with E-state index in [0.717, 1.165) is 45.3 Å². The first-order valence-corrected chi connectivity index (χ1v) is 15.7. The van der Waals surface area contributed by atoms with E-state index in [1.165, 1.54) is 6.07 Å². The number of ether oxygens (including phenoxy) is 1. The second-order valence-electron chi connectivity index (χ2n) is 12.5. The number of hydrogen-bond acceptors (Lipinski definition) is 7. The number of aromatic hydroxyl groups is 1. The van der Waals surface area contributed by atoms with Crippen LogP contribution in [0.25, 0.3) is 32.8 Å². The average molecular weight is 627 g/mol. The van der Waals surface area contributed by atoms with Crippen LogP contribution >= 0.6 is 23.2 Å². The van der Waals surface area contributed by atoms with Crippen molar-refractivity contribution in [3.05, 3.63) is 52.3 Å². The van der Waals surface area contributed by atoms with Crippen molar-refractivity contribution in [2.75, 3.05) is 37.7 Å². The van der Waals surface area contributed by atoms with E-state index < -0.39 is 17.5 Å². The van der Waals surface area contributed by atoms with E-state index >= 15 is 4.39 Å². The third-order valence-corrected chi connectivity index (χ3v) is 10.4. The number of phenolic OH excluding ortho intramolecular Hbond substituents is 1. The Morgan fingerprint density at radius 1 is 1.07 bits per heavy atom. The van der Waals surface area contributed by atoms with Crippen LogP contribution in [-0.4, -0.2) is 76.6 Å². The lowest BCUT2D eigenvalue weighted by atomic mass is 9.95. The molecule has 0 saturated carbocycles. The Morgan fingerprint density at radius 3 is 2.70 bits per heavy atom. The van der Waals surface area contributed by atoms with E-state index in [1.54, 1.807) is 30.3 Å². The topological polar surface area (TPSA) is 73.8 Å². The number of aromatic nitrogens is 2. The largest absolute Gasteiger partial charge is 0.508 e. The molecule has 11 heteroatoms. The number of hydrogen-bond donors (Lipinski definition) is 2. The van der Waals surface area contributed by atoms with Crippen molar-refractivity contribution < 1.29 is 18.6 Å². The van der Waals surface area contributed by atoms with Crippen LogP contribution in [0.2, 0.25) is 10.0 Å². The number of nitrogens with one attached hydrogen (secondary N) is 1. The summed E-state index contributed by atoms with van der Waals surface area (Å²) in [5.41, 5.74) is 0.140. The molecule has 4 saturated heterocycles. The van der Waals surface area contributed by atoms with Gasteiger partial charge in [-0.15, -0.1) is 0 Å². The minimum Gasteiger partial charge on any atom is -0.508 e. The normalized spacial score (nSPS) is 27.0. The van der Waals surface area contributed by atoms with Gasteiger partial charge in [0, 0.05) is 59.5 Å². The number of anilines is 1. The molecule has 0 amide bonds. The lowest BCUT2D eigenvalue weighted by Crippen LogP contribution is -2.51. The summed E-state index contributed by atoms with van der Waals surface area (Å²) >= 11 is 13.5. The minimum atomic E-state index is -0.889. The molecule has 3 aromatic carbocycles. The molecule has 0 aliphatic carbocycles. The van der Waals surface area contributed by atoms with Gasteiger partial charge in [0.1, 0.15) is 29.9 Å². The van der Waals surface area contributed by atoms with Gasteiger partial charge in [-0.3, -0.25) is 4.90 Å². The molecular formula is C32H31Cl2F2N5O2. The zero-order chi connectivity index (χ0) is 29.5. The lowest BCUT2D eigenvalue weighted by molar-refractivity contribution is 0.107. The SMILES string of the molecule is Oc1cc(-c2c(Cl)cc3c(N4CC5CCC(C4)N5)nc(OCC45CCCN4C[C@H](F)C5)nc3c2F)c2c(Cl)cccc2c1. The van der Waals surface area contributed by atoms with Gasteiger partial charge in [-0.1, -0.05) is 35.3 Å². The summed E-state index contributed by atoms with van der Waals surface area (Å²) in [5, 5.41) is 16.5. The number of piperazine rings is 1. The van der Waals surface area contributed by atoms with Gasteiger partial charge in [0.05, 0.1) is 10.6 Å². The maximum absolute atomic E-state index is 16.9. The van der Waals surface area contributed by atoms with Gasteiger partial charge >= 0.3 is 6.01 Å². The Kier molecular flexibility index (Phi) is 6.60. The van der Waals surface area contributed by atoms with E-state index in [4.69, 9.17) is 32.9 Å². The Morgan fingerprint density at radius 2 is 1.88 bits per heavy atom. The highest BCUT2D eigenvalue weighted by atomic mass is 35.5. The van der Waals surface area contributed by atoms with Crippen molar-refractivity contribution in [1.82, 2.24) is 20.2 Å². The quantitative estimate of drug-likeness (QED) is 0.262. The molecule has 4 aromatic rings. The highest BCUT2D eigenvalue weighted by Crippen LogP contribution is 2.45. The molecular weight excluding hydrogens is 595 g/mol. The van der Waals surface area contributed by atoms with Crippen molar-refractivity contribution in [2.24, 2.45) is 0 Å². The van der Waals surface area contributed by atoms with Gasteiger partial charge in [-0.05, 0) is 67.4 Å². The van der Waals surface area contributed by atoms with E-state index in [0.29, 0.717) is 57.6 Å². The molecule has 7 nitrogen and oxygen atoms in total. The maximum Gasteiger partial charge on any atom is 0.319 e. The molecule has 4 fully saturated rings. The number of alkyl halides is 1. The van der Waals surface area contributed by atoms with Crippen LogP contribution in [0.15, 0.2) is 36.4 Å². The fraction of sp³-hybridized carbons (Fsp3) is 0.438. The Balaban J connectivity index is 1.28. The molecule has 2 N–H and O–H groups in total. The lowest BCUT2D eigenvalue weighted by Gasteiger charge is -2.34. The number of halogens is 4. The first-order chi connectivity index (χ1) is 20.8. The van der Waals surface area contributed by atoms with Crippen LogP contribution in [0.4, 0.5) is 14.6 Å². The monoisotopic (exact) mass is 625 g/mol. The second kappa shape index (κ2) is 10.3. The minimum absolute atomic E-state index is 0.0351. The number of benzene rings is 3. The van der Waals surface area contributed by atoms with Crippen LogP contribution < -0.4 is 15.0 Å². The molecule has 0 spiro atoms. The Hall–Kier alpha value is -2.98. The van der Waals surface area contributed by atoms with Gasteiger partial charge in [-0.2, -0.15) is 9.97 Å². The van der Waals surface area contributed by atoms with Gasteiger partial charge in [0.25, 0.3) is 0 Å².